The Kier molecular flexibility index (Phi) is 5.00. The van der Waals surface area contributed by atoms with E-state index < -0.39 is 0 Å². The lowest BCUT2D eigenvalue weighted by atomic mass is 10.1. The summed E-state index contributed by atoms with van der Waals surface area (Å²) in [7, 11) is 0. The first-order valence-electron chi connectivity index (χ1n) is 10.5. The number of nitrogens with zero attached hydrogens (tertiary/aromatic N) is 2. The summed E-state index contributed by atoms with van der Waals surface area (Å²) >= 11 is 1.51. The van der Waals surface area contributed by atoms with Gasteiger partial charge < -0.3 is 5.32 Å². The Balaban J connectivity index is 1.28. The summed E-state index contributed by atoms with van der Waals surface area (Å²) in [5.74, 6) is 0.355. The van der Waals surface area contributed by atoms with E-state index in [0.717, 1.165) is 47.7 Å². The van der Waals surface area contributed by atoms with Gasteiger partial charge >= 0.3 is 0 Å². The van der Waals surface area contributed by atoms with Crippen LogP contribution in [-0.2, 0) is 17.6 Å². The number of hydrogen-bond donors (Lipinski definition) is 1. The van der Waals surface area contributed by atoms with Crippen molar-refractivity contribution in [2.75, 3.05) is 11.1 Å². The molecule has 0 atom stereocenters. The van der Waals surface area contributed by atoms with Crippen molar-refractivity contribution in [1.82, 2.24) is 0 Å². The van der Waals surface area contributed by atoms with E-state index in [1.807, 2.05) is 24.3 Å². The highest BCUT2D eigenvalue weighted by molar-refractivity contribution is 8.16. The summed E-state index contributed by atoms with van der Waals surface area (Å²) in [4.78, 5) is 22.6. The Morgan fingerprint density at radius 3 is 2.59 bits per heavy atom. The van der Waals surface area contributed by atoms with Gasteiger partial charge in [0.2, 0.25) is 5.91 Å². The van der Waals surface area contributed by atoms with E-state index in [4.69, 9.17) is 9.98 Å². The molecule has 0 bridgehead atoms. The zero-order valence-electron chi connectivity index (χ0n) is 16.5. The van der Waals surface area contributed by atoms with Crippen molar-refractivity contribution in [2.24, 2.45) is 9.98 Å². The van der Waals surface area contributed by atoms with Crippen LogP contribution in [0.3, 0.4) is 0 Å². The summed E-state index contributed by atoms with van der Waals surface area (Å²) in [6.45, 7) is 0. The van der Waals surface area contributed by atoms with E-state index in [1.54, 1.807) is 0 Å². The number of hydrogen-bond acceptors (Lipinski definition) is 4. The first-order chi connectivity index (χ1) is 14.2. The number of nitrogens with one attached hydrogen (secondary N) is 1. The van der Waals surface area contributed by atoms with Crippen molar-refractivity contribution in [3.8, 4) is 0 Å². The van der Waals surface area contributed by atoms with Gasteiger partial charge in [0.05, 0.1) is 11.5 Å². The third-order valence-corrected chi connectivity index (χ3v) is 6.97. The fourth-order valence-electron chi connectivity index (χ4n) is 4.55. The number of rotatable bonds is 4. The maximum absolute atomic E-state index is 12.6. The molecular weight excluding hydrogens is 378 g/mol. The second kappa shape index (κ2) is 7.79. The third kappa shape index (κ3) is 3.88. The van der Waals surface area contributed by atoms with Gasteiger partial charge in [-0.05, 0) is 68.2 Å². The number of benzene rings is 2. The fraction of sp³-hybridized carbons (Fsp3) is 0.375. The fourth-order valence-corrected chi connectivity index (χ4v) is 5.43. The topological polar surface area (TPSA) is 53.8 Å². The molecule has 148 valence electrons. The molecule has 0 radical (unpaired) electrons. The number of amides is 1. The molecule has 4 nitrogen and oxygen atoms in total. The van der Waals surface area contributed by atoms with Gasteiger partial charge in [-0.1, -0.05) is 48.2 Å². The van der Waals surface area contributed by atoms with Crippen LogP contribution in [0.15, 0.2) is 58.5 Å². The zero-order valence-corrected chi connectivity index (χ0v) is 17.3. The molecule has 1 fully saturated rings. The number of fused-ring (bicyclic) bond motifs is 1. The predicted octanol–water partition coefficient (Wildman–Crippen LogP) is 5.02. The molecule has 1 amide bonds. The van der Waals surface area contributed by atoms with Gasteiger partial charge in [0.15, 0.2) is 5.66 Å². The molecule has 1 aliphatic heterocycles. The third-order valence-electron chi connectivity index (χ3n) is 6.01. The highest BCUT2D eigenvalue weighted by Crippen LogP contribution is 2.40. The van der Waals surface area contributed by atoms with Crippen molar-refractivity contribution in [1.29, 1.82) is 0 Å². The van der Waals surface area contributed by atoms with E-state index in [2.05, 4.69) is 29.6 Å². The lowest BCUT2D eigenvalue weighted by Crippen LogP contribution is -2.18. The van der Waals surface area contributed by atoms with Crippen LogP contribution in [0.25, 0.3) is 0 Å². The number of aryl methyl sites for hydroxylation is 2. The van der Waals surface area contributed by atoms with Gasteiger partial charge in [0.25, 0.3) is 0 Å². The van der Waals surface area contributed by atoms with E-state index in [9.17, 15) is 4.79 Å². The number of carbonyl (C=O) groups is 1. The van der Waals surface area contributed by atoms with Crippen LogP contribution >= 0.6 is 11.8 Å². The van der Waals surface area contributed by atoms with Crippen LogP contribution in [0, 0.1) is 0 Å². The standard InChI is InChI=1S/C24H25N3OS/c28-21(25-20-12-11-17-9-6-10-19(17)15-20)16-29-23-22(18-7-2-1-3-8-18)26-24(27-23)13-4-5-14-24/h1-3,7-8,11-12,15H,4-6,9-10,13-14,16H2,(H,25,28). The van der Waals surface area contributed by atoms with E-state index in [0.29, 0.717) is 5.75 Å². The summed E-state index contributed by atoms with van der Waals surface area (Å²) in [5, 5.41) is 3.96. The van der Waals surface area contributed by atoms with E-state index in [1.165, 1.54) is 42.2 Å². The molecule has 1 heterocycles. The molecule has 5 heteroatoms. The van der Waals surface area contributed by atoms with Crippen LogP contribution in [0.2, 0.25) is 0 Å². The molecule has 2 aromatic rings. The molecule has 2 aliphatic carbocycles. The summed E-state index contributed by atoms with van der Waals surface area (Å²) in [6, 6.07) is 16.5. The molecular formula is C24H25N3OS. The Morgan fingerprint density at radius 2 is 1.76 bits per heavy atom. The molecule has 5 rings (SSSR count). The first kappa shape index (κ1) is 18.6. The Bertz CT molecular complexity index is 990. The molecule has 1 saturated carbocycles. The Morgan fingerprint density at radius 1 is 0.966 bits per heavy atom. The minimum atomic E-state index is -0.288. The van der Waals surface area contributed by atoms with Gasteiger partial charge in [-0.3, -0.25) is 9.79 Å². The number of aliphatic imine (C=N–C) groups is 2. The van der Waals surface area contributed by atoms with Crippen molar-refractivity contribution in [3.63, 3.8) is 0 Å². The second-order valence-corrected chi connectivity index (χ2v) is 9.07. The van der Waals surface area contributed by atoms with Gasteiger partial charge in [0, 0.05) is 11.3 Å². The van der Waals surface area contributed by atoms with Gasteiger partial charge in [-0.2, -0.15) is 0 Å². The highest BCUT2D eigenvalue weighted by atomic mass is 32.2. The Hall–Kier alpha value is -2.40. The lowest BCUT2D eigenvalue weighted by Gasteiger charge is -2.14. The van der Waals surface area contributed by atoms with Crippen LogP contribution in [-0.4, -0.2) is 28.1 Å². The minimum absolute atomic E-state index is 0.00966. The second-order valence-electron chi connectivity index (χ2n) is 8.11. The molecule has 0 unspecified atom stereocenters. The van der Waals surface area contributed by atoms with Crippen LogP contribution in [0.1, 0.15) is 48.8 Å². The predicted molar refractivity (Wildman–Crippen MR) is 121 cm³/mol. The highest BCUT2D eigenvalue weighted by Gasteiger charge is 2.39. The minimum Gasteiger partial charge on any atom is -0.325 e. The van der Waals surface area contributed by atoms with Crippen LogP contribution in [0.5, 0.6) is 0 Å². The molecule has 0 aromatic heterocycles. The van der Waals surface area contributed by atoms with Gasteiger partial charge in [0.1, 0.15) is 5.04 Å². The Labute approximate surface area is 175 Å². The summed E-state index contributed by atoms with van der Waals surface area (Å²) < 4.78 is 0. The molecule has 0 saturated heterocycles. The maximum Gasteiger partial charge on any atom is 0.234 e. The zero-order chi connectivity index (χ0) is 19.7. The number of anilines is 1. The normalized spacial score (nSPS) is 19.2. The van der Waals surface area contributed by atoms with Gasteiger partial charge in [-0.15, -0.1) is 0 Å². The quantitative estimate of drug-likeness (QED) is 0.779. The number of carbonyl (C=O) groups excluding carboxylic acids is 1. The van der Waals surface area contributed by atoms with Gasteiger partial charge in [-0.25, -0.2) is 4.99 Å². The smallest absolute Gasteiger partial charge is 0.234 e. The number of thioether (sulfide) groups is 1. The van der Waals surface area contributed by atoms with Crippen LogP contribution < -0.4 is 5.32 Å². The van der Waals surface area contributed by atoms with E-state index >= 15 is 0 Å². The molecule has 3 aliphatic rings. The summed E-state index contributed by atoms with van der Waals surface area (Å²) in [6.07, 6.45) is 7.85. The molecule has 1 spiro atoms. The van der Waals surface area contributed by atoms with Crippen molar-refractivity contribution in [2.45, 2.75) is 50.6 Å². The largest absolute Gasteiger partial charge is 0.325 e. The van der Waals surface area contributed by atoms with Crippen molar-refractivity contribution < 1.29 is 4.79 Å². The van der Waals surface area contributed by atoms with Crippen molar-refractivity contribution in [3.05, 3.63) is 65.2 Å². The lowest BCUT2D eigenvalue weighted by molar-refractivity contribution is -0.113. The molecule has 1 N–H and O–H groups in total. The first-order valence-corrected chi connectivity index (χ1v) is 11.5. The average Bonchev–Trinajstić information content (AvgIpc) is 3.47. The monoisotopic (exact) mass is 403 g/mol. The van der Waals surface area contributed by atoms with E-state index in [-0.39, 0.29) is 11.6 Å². The van der Waals surface area contributed by atoms with Crippen molar-refractivity contribution >= 4 is 34.1 Å². The molecule has 2 aromatic carbocycles. The SMILES string of the molecule is O=C(CSC1=NC2(CCCC2)N=C1c1ccccc1)Nc1ccc2c(c1)CCC2. The molecule has 29 heavy (non-hydrogen) atoms. The van der Waals surface area contributed by atoms with Crippen LogP contribution in [0.4, 0.5) is 5.69 Å². The maximum atomic E-state index is 12.6. The average molecular weight is 404 g/mol. The summed E-state index contributed by atoms with van der Waals surface area (Å²) in [5.41, 5.74) is 5.43.